The van der Waals surface area contributed by atoms with Crippen LogP contribution in [0.4, 0.5) is 0 Å². The maximum absolute atomic E-state index is 11.0. The molecule has 0 N–H and O–H groups in total. The Morgan fingerprint density at radius 3 is 2.57 bits per heavy atom. The molecule has 0 amide bonds. The number of rotatable bonds is 2. The fourth-order valence-corrected chi connectivity index (χ4v) is 0.884. The lowest BCUT2D eigenvalue weighted by atomic mass is 10.2. The lowest BCUT2D eigenvalue weighted by Crippen LogP contribution is -2.03. The first-order chi connectivity index (χ1) is 6.76. The predicted molar refractivity (Wildman–Crippen MR) is 51.6 cm³/mol. The fourth-order valence-electron chi connectivity index (χ4n) is 0.884. The van der Waals surface area contributed by atoms with E-state index < -0.39 is 5.97 Å². The first kappa shape index (κ1) is 10.0. The Bertz CT molecular complexity index is 385. The van der Waals surface area contributed by atoms with E-state index in [1.54, 1.807) is 37.3 Å². The molecule has 0 atom stereocenters. The first-order valence-electron chi connectivity index (χ1n) is 4.11. The van der Waals surface area contributed by atoms with Gasteiger partial charge in [0.25, 0.3) is 0 Å². The van der Waals surface area contributed by atoms with Crippen LogP contribution in [0.2, 0.25) is 0 Å². The summed E-state index contributed by atoms with van der Waals surface area (Å²) in [4.78, 5) is 11.0. The summed E-state index contributed by atoms with van der Waals surface area (Å²) in [6.07, 6.45) is 2.93. The fraction of sp³-hybridized carbons (Fsp3) is 0.0909. The summed E-state index contributed by atoms with van der Waals surface area (Å²) in [7, 11) is 0. The Hall–Kier alpha value is -2.08. The number of carbonyl (C=O) groups excluding carboxylic acids is 1. The number of hydrogen-bond donors (Lipinski definition) is 0. The summed E-state index contributed by atoms with van der Waals surface area (Å²) < 4.78 is 4.92. The molecule has 0 aliphatic heterocycles. The van der Waals surface area contributed by atoms with Crippen LogP contribution in [0.3, 0.4) is 0 Å². The highest BCUT2D eigenvalue weighted by molar-refractivity contribution is 5.83. The second-order valence-electron chi connectivity index (χ2n) is 2.56. The molecule has 3 heteroatoms. The number of benzene rings is 1. The molecular formula is C11H9NO2. The minimum absolute atomic E-state index is 0.419. The third-order valence-corrected chi connectivity index (χ3v) is 1.50. The smallest absolute Gasteiger partial charge is 0.335 e. The number of hydrogen-bond acceptors (Lipinski definition) is 3. The summed E-state index contributed by atoms with van der Waals surface area (Å²) >= 11 is 0. The second-order valence-corrected chi connectivity index (χ2v) is 2.56. The molecule has 0 heterocycles. The highest BCUT2D eigenvalue weighted by Crippen LogP contribution is 2.11. The van der Waals surface area contributed by atoms with Crippen LogP contribution >= 0.6 is 0 Å². The van der Waals surface area contributed by atoms with Crippen LogP contribution in [-0.2, 0) is 4.79 Å². The van der Waals surface area contributed by atoms with Crippen LogP contribution in [0.5, 0.6) is 5.75 Å². The number of nitrogens with zero attached hydrogens (tertiary/aromatic N) is 1. The molecule has 1 rings (SSSR count). The van der Waals surface area contributed by atoms with Crippen LogP contribution in [0.25, 0.3) is 0 Å². The molecule has 0 unspecified atom stereocenters. The zero-order valence-electron chi connectivity index (χ0n) is 7.73. The number of ether oxygens (including phenoxy) is 1. The van der Waals surface area contributed by atoms with Crippen LogP contribution in [-0.4, -0.2) is 5.97 Å². The van der Waals surface area contributed by atoms with E-state index in [0.29, 0.717) is 11.3 Å². The van der Waals surface area contributed by atoms with Crippen molar-refractivity contribution in [1.82, 2.24) is 0 Å². The molecule has 1 aromatic rings. The van der Waals surface area contributed by atoms with Crippen molar-refractivity contribution in [3.05, 3.63) is 42.0 Å². The molecule has 0 saturated carbocycles. The van der Waals surface area contributed by atoms with E-state index in [2.05, 4.69) is 0 Å². The predicted octanol–water partition coefficient (Wildman–Crippen LogP) is 2.04. The molecule has 70 valence electrons. The van der Waals surface area contributed by atoms with Crippen molar-refractivity contribution in [3.63, 3.8) is 0 Å². The Balaban J connectivity index is 2.70. The van der Waals surface area contributed by atoms with Crippen molar-refractivity contribution in [3.8, 4) is 11.8 Å². The third kappa shape index (κ3) is 2.76. The van der Waals surface area contributed by atoms with E-state index in [-0.39, 0.29) is 0 Å². The quantitative estimate of drug-likeness (QED) is 0.404. The highest BCUT2D eigenvalue weighted by Gasteiger charge is 1.99. The van der Waals surface area contributed by atoms with Gasteiger partial charge in [0.05, 0.1) is 11.6 Å². The van der Waals surface area contributed by atoms with E-state index in [9.17, 15) is 4.79 Å². The molecule has 0 aliphatic carbocycles. The van der Waals surface area contributed by atoms with Crippen molar-refractivity contribution >= 4 is 5.97 Å². The summed E-state index contributed by atoms with van der Waals surface area (Å²) in [5.74, 6) is 0.0179. The first-order valence-corrected chi connectivity index (χ1v) is 4.11. The van der Waals surface area contributed by atoms with E-state index in [1.807, 2.05) is 6.07 Å². The summed E-state index contributed by atoms with van der Waals surface area (Å²) in [6.45, 7) is 1.74. The molecule has 0 fully saturated rings. The van der Waals surface area contributed by atoms with Crippen molar-refractivity contribution in [1.29, 1.82) is 5.26 Å². The van der Waals surface area contributed by atoms with Crippen LogP contribution in [0.1, 0.15) is 12.5 Å². The van der Waals surface area contributed by atoms with Crippen molar-refractivity contribution < 1.29 is 9.53 Å². The van der Waals surface area contributed by atoms with E-state index in [0.717, 1.165) is 0 Å². The standard InChI is InChI=1S/C11H9NO2/c1-2-3-11(13)14-10-6-4-9(8-12)5-7-10/h2-7H,1H3. The molecule has 1 aromatic carbocycles. The number of esters is 1. The van der Waals surface area contributed by atoms with E-state index in [1.165, 1.54) is 6.08 Å². The molecular weight excluding hydrogens is 178 g/mol. The molecule has 14 heavy (non-hydrogen) atoms. The van der Waals surface area contributed by atoms with E-state index in [4.69, 9.17) is 10.00 Å². The zero-order chi connectivity index (χ0) is 10.4. The molecule has 0 radical (unpaired) electrons. The zero-order valence-corrected chi connectivity index (χ0v) is 7.73. The summed E-state index contributed by atoms with van der Waals surface area (Å²) in [5, 5.41) is 8.53. The van der Waals surface area contributed by atoms with Gasteiger partial charge in [0.1, 0.15) is 5.75 Å². The lowest BCUT2D eigenvalue weighted by molar-refractivity contribution is -0.128. The Labute approximate surface area is 82.2 Å². The van der Waals surface area contributed by atoms with Gasteiger partial charge in [-0.1, -0.05) is 6.08 Å². The van der Waals surface area contributed by atoms with E-state index >= 15 is 0 Å². The average Bonchev–Trinajstić information content (AvgIpc) is 2.19. The number of allylic oxidation sites excluding steroid dienone is 1. The van der Waals surface area contributed by atoms with Crippen LogP contribution in [0.15, 0.2) is 36.4 Å². The minimum atomic E-state index is -0.419. The SMILES string of the molecule is CC=CC(=O)Oc1ccc(C#N)cc1. The maximum Gasteiger partial charge on any atom is 0.335 e. The largest absolute Gasteiger partial charge is 0.423 e. The van der Waals surface area contributed by atoms with Gasteiger partial charge >= 0.3 is 5.97 Å². The van der Waals surface area contributed by atoms with Crippen molar-refractivity contribution in [2.45, 2.75) is 6.92 Å². The molecule has 0 saturated heterocycles. The van der Waals surface area contributed by atoms with Gasteiger partial charge in [-0.3, -0.25) is 0 Å². The molecule has 0 bridgehead atoms. The van der Waals surface area contributed by atoms with Gasteiger partial charge in [0.15, 0.2) is 0 Å². The molecule has 0 aliphatic rings. The van der Waals surface area contributed by atoms with Gasteiger partial charge < -0.3 is 4.74 Å². The lowest BCUT2D eigenvalue weighted by Gasteiger charge is -1.99. The van der Waals surface area contributed by atoms with Crippen molar-refractivity contribution in [2.24, 2.45) is 0 Å². The van der Waals surface area contributed by atoms with Gasteiger partial charge in [-0.15, -0.1) is 0 Å². The Morgan fingerprint density at radius 2 is 2.07 bits per heavy atom. The maximum atomic E-state index is 11.0. The average molecular weight is 187 g/mol. The van der Waals surface area contributed by atoms with Crippen LogP contribution < -0.4 is 4.74 Å². The van der Waals surface area contributed by atoms with Gasteiger partial charge in [-0.2, -0.15) is 5.26 Å². The van der Waals surface area contributed by atoms with Crippen LogP contribution in [0, 0.1) is 11.3 Å². The van der Waals surface area contributed by atoms with Gasteiger partial charge in [0, 0.05) is 6.08 Å². The van der Waals surface area contributed by atoms with Gasteiger partial charge in [-0.05, 0) is 31.2 Å². The molecule has 0 aromatic heterocycles. The second kappa shape index (κ2) is 4.83. The molecule has 0 spiro atoms. The Morgan fingerprint density at radius 1 is 1.43 bits per heavy atom. The molecule has 3 nitrogen and oxygen atoms in total. The highest BCUT2D eigenvalue weighted by atomic mass is 16.5. The van der Waals surface area contributed by atoms with Crippen molar-refractivity contribution in [2.75, 3.05) is 0 Å². The Kier molecular flexibility index (Phi) is 3.45. The third-order valence-electron chi connectivity index (χ3n) is 1.50. The topological polar surface area (TPSA) is 50.1 Å². The van der Waals surface area contributed by atoms with Gasteiger partial charge in [0.2, 0.25) is 0 Å². The number of nitriles is 1. The summed E-state index contributed by atoms with van der Waals surface area (Å²) in [5.41, 5.74) is 0.538. The normalized spacial score (nSPS) is 9.71. The van der Waals surface area contributed by atoms with Gasteiger partial charge in [-0.25, -0.2) is 4.79 Å². The summed E-state index contributed by atoms with van der Waals surface area (Å²) in [6, 6.07) is 8.34. The number of carbonyl (C=O) groups is 1. The monoisotopic (exact) mass is 187 g/mol. The minimum Gasteiger partial charge on any atom is -0.423 e.